The van der Waals surface area contributed by atoms with Crippen LogP contribution in [0.1, 0.15) is 4.11 Å². The van der Waals surface area contributed by atoms with Crippen LogP contribution in [0.2, 0.25) is 0 Å². The molecule has 2 aromatic rings. The van der Waals surface area contributed by atoms with Crippen LogP contribution >= 0.6 is 0 Å². The van der Waals surface area contributed by atoms with Crippen LogP contribution in [0.15, 0.2) is 24.7 Å². The molecule has 0 bridgehead atoms. The Morgan fingerprint density at radius 2 is 2.53 bits per heavy atom. The molecule has 2 rings (SSSR count). The number of anilines is 2. The summed E-state index contributed by atoms with van der Waals surface area (Å²) in [6.45, 7) is -2.30. The Labute approximate surface area is 91.1 Å². The maximum absolute atomic E-state index is 7.18. The van der Waals surface area contributed by atoms with E-state index in [0.29, 0.717) is 17.5 Å². The number of aryl methyl sites for hydroxylation is 1. The molecule has 6 heteroatoms. The van der Waals surface area contributed by atoms with E-state index in [1.165, 1.54) is 25.7 Å². The molecule has 0 aliphatic carbocycles. The van der Waals surface area contributed by atoms with Crippen LogP contribution in [-0.4, -0.2) is 26.9 Å². The molecule has 0 amide bonds. The smallest absolute Gasteiger partial charge is 0.230 e. The summed E-state index contributed by atoms with van der Waals surface area (Å²) < 4.78 is 27.4. The maximum atomic E-state index is 7.18. The quantitative estimate of drug-likeness (QED) is 0.814. The molecule has 0 fully saturated rings. The second-order valence-electron chi connectivity index (χ2n) is 2.72. The molecule has 0 saturated heterocycles. The summed E-state index contributed by atoms with van der Waals surface area (Å²) in [5, 5.41) is 6.57. The van der Waals surface area contributed by atoms with Crippen LogP contribution in [0.25, 0.3) is 0 Å². The largest absolute Gasteiger partial charge is 0.481 e. The van der Waals surface area contributed by atoms with Gasteiger partial charge in [0, 0.05) is 29.5 Å². The second kappa shape index (κ2) is 3.95. The van der Waals surface area contributed by atoms with Crippen LogP contribution in [0.4, 0.5) is 11.6 Å². The van der Waals surface area contributed by atoms with Gasteiger partial charge in [-0.3, -0.25) is 4.68 Å². The molecule has 0 aliphatic rings. The molecule has 2 heterocycles. The van der Waals surface area contributed by atoms with Gasteiger partial charge in [-0.2, -0.15) is 10.1 Å². The van der Waals surface area contributed by atoms with E-state index in [4.69, 9.17) is 8.85 Å². The van der Waals surface area contributed by atoms with Crippen LogP contribution in [-0.2, 0) is 6.98 Å². The van der Waals surface area contributed by atoms with Crippen molar-refractivity contribution >= 4 is 11.6 Å². The monoisotopic (exact) mass is 208 g/mol. The number of aromatic nitrogens is 4. The zero-order valence-electron chi connectivity index (χ0n) is 11.0. The fourth-order valence-electron chi connectivity index (χ4n) is 1.03. The van der Waals surface area contributed by atoms with Crippen LogP contribution in [0.5, 0.6) is 5.88 Å². The third kappa shape index (κ3) is 2.22. The molecule has 0 aliphatic heterocycles. The van der Waals surface area contributed by atoms with Gasteiger partial charge in [-0.15, -0.1) is 0 Å². The van der Waals surface area contributed by atoms with Gasteiger partial charge >= 0.3 is 0 Å². The van der Waals surface area contributed by atoms with Crippen molar-refractivity contribution in [2.45, 2.75) is 0 Å². The molecule has 1 N–H and O–H groups in total. The van der Waals surface area contributed by atoms with Gasteiger partial charge in [-0.25, -0.2) is 4.98 Å². The van der Waals surface area contributed by atoms with Crippen molar-refractivity contribution in [2.75, 3.05) is 12.4 Å². The Morgan fingerprint density at radius 1 is 1.60 bits per heavy atom. The minimum atomic E-state index is -2.30. The molecule has 0 spiro atoms. The Balaban J connectivity index is 2.16. The van der Waals surface area contributed by atoms with Gasteiger partial charge in [-0.05, 0) is 0 Å². The molecule has 15 heavy (non-hydrogen) atoms. The van der Waals surface area contributed by atoms with Crippen molar-refractivity contribution in [1.29, 1.82) is 0 Å². The second-order valence-corrected chi connectivity index (χ2v) is 2.72. The summed E-state index contributed by atoms with van der Waals surface area (Å²) in [5.74, 6) is 0.718. The summed E-state index contributed by atoms with van der Waals surface area (Å²) >= 11 is 0. The lowest BCUT2D eigenvalue weighted by Crippen LogP contribution is -1.97. The first-order valence-electron chi connectivity index (χ1n) is 5.68. The van der Waals surface area contributed by atoms with Gasteiger partial charge in [0.2, 0.25) is 11.8 Å². The molecule has 78 valence electrons. The lowest BCUT2D eigenvalue weighted by atomic mass is 10.5. The lowest BCUT2D eigenvalue weighted by molar-refractivity contribution is 0.397. The number of rotatable bonds is 3. The molecular weight excluding hydrogens is 194 g/mol. The SMILES string of the molecule is [2H]C([2H])([2H])n1cc(Nc2nccc(OC)n2)cn1. The standard InChI is InChI=1S/C9H11N5O/c1-14-6-7(5-11-14)12-9-10-4-3-8(13-9)15-2/h3-6H,1-2H3,(H,10,12,13)/i1D3. The van der Waals surface area contributed by atoms with Crippen molar-refractivity contribution in [3.05, 3.63) is 24.7 Å². The van der Waals surface area contributed by atoms with E-state index in [9.17, 15) is 0 Å². The summed E-state index contributed by atoms with van der Waals surface area (Å²) in [6.07, 6.45) is 4.27. The van der Waals surface area contributed by atoms with Crippen molar-refractivity contribution in [2.24, 2.45) is 6.98 Å². The fourth-order valence-corrected chi connectivity index (χ4v) is 1.03. The summed E-state index contributed by atoms with van der Waals surface area (Å²) in [5.41, 5.74) is 0.486. The molecule has 0 unspecified atom stereocenters. The number of ether oxygens (including phenoxy) is 1. The minimum Gasteiger partial charge on any atom is -0.481 e. The molecule has 0 aromatic carbocycles. The average Bonchev–Trinajstić information content (AvgIpc) is 2.77. The number of nitrogens with zero attached hydrogens (tertiary/aromatic N) is 4. The highest BCUT2D eigenvalue weighted by atomic mass is 16.5. The topological polar surface area (TPSA) is 64.9 Å². The van der Waals surface area contributed by atoms with Gasteiger partial charge in [0.05, 0.1) is 19.0 Å². The molecule has 0 radical (unpaired) electrons. The zero-order valence-corrected chi connectivity index (χ0v) is 8.01. The predicted molar refractivity (Wildman–Crippen MR) is 55.1 cm³/mol. The van der Waals surface area contributed by atoms with Gasteiger partial charge in [0.1, 0.15) is 0 Å². The number of hydrogen-bond acceptors (Lipinski definition) is 5. The fraction of sp³-hybridized carbons (Fsp3) is 0.222. The average molecular weight is 208 g/mol. The first-order chi connectivity index (χ1) is 8.49. The molecule has 6 nitrogen and oxygen atoms in total. The molecule has 0 atom stereocenters. The van der Waals surface area contributed by atoms with E-state index in [2.05, 4.69) is 20.4 Å². The van der Waals surface area contributed by atoms with E-state index in [-0.39, 0.29) is 0 Å². The summed E-state index contributed by atoms with van der Waals surface area (Å²) in [6, 6.07) is 1.61. The van der Waals surface area contributed by atoms with Crippen LogP contribution < -0.4 is 10.1 Å². The first-order valence-corrected chi connectivity index (χ1v) is 4.18. The molecular formula is C9H11N5O. The lowest BCUT2D eigenvalue weighted by Gasteiger charge is -2.02. The highest BCUT2D eigenvalue weighted by molar-refractivity contribution is 5.50. The predicted octanol–water partition coefficient (Wildman–Crippen LogP) is 0.962. The molecule has 2 aromatic heterocycles. The third-order valence-electron chi connectivity index (χ3n) is 1.68. The Hall–Kier alpha value is -2.11. The Morgan fingerprint density at radius 3 is 3.27 bits per heavy atom. The summed E-state index contributed by atoms with van der Waals surface area (Å²) in [4.78, 5) is 8.01. The van der Waals surface area contributed by atoms with Gasteiger partial charge in [-0.1, -0.05) is 0 Å². The van der Waals surface area contributed by atoms with Crippen molar-refractivity contribution in [3.63, 3.8) is 0 Å². The van der Waals surface area contributed by atoms with Gasteiger partial charge < -0.3 is 10.1 Å². The normalized spacial score (nSPS) is 13.8. The van der Waals surface area contributed by atoms with Crippen molar-refractivity contribution < 1.29 is 8.85 Å². The van der Waals surface area contributed by atoms with Crippen molar-refractivity contribution in [3.8, 4) is 5.88 Å². The van der Waals surface area contributed by atoms with E-state index in [1.807, 2.05) is 0 Å². The first kappa shape index (κ1) is 6.39. The van der Waals surface area contributed by atoms with E-state index in [1.54, 1.807) is 6.07 Å². The Kier molecular flexibility index (Phi) is 1.68. The summed E-state index contributed by atoms with van der Waals surface area (Å²) in [7, 11) is 1.50. The van der Waals surface area contributed by atoms with Crippen molar-refractivity contribution in [1.82, 2.24) is 19.7 Å². The van der Waals surface area contributed by atoms with Crippen LogP contribution in [0, 0.1) is 0 Å². The van der Waals surface area contributed by atoms with Gasteiger partial charge in [0.15, 0.2) is 0 Å². The maximum Gasteiger partial charge on any atom is 0.230 e. The number of hydrogen-bond donors (Lipinski definition) is 1. The Bertz CT molecular complexity index is 539. The highest BCUT2D eigenvalue weighted by Crippen LogP contribution is 2.13. The van der Waals surface area contributed by atoms with Crippen LogP contribution in [0.3, 0.4) is 0 Å². The van der Waals surface area contributed by atoms with E-state index >= 15 is 0 Å². The third-order valence-corrected chi connectivity index (χ3v) is 1.68. The van der Waals surface area contributed by atoms with E-state index < -0.39 is 6.98 Å². The minimum absolute atomic E-state index is 0.305. The number of nitrogens with one attached hydrogen (secondary N) is 1. The molecule has 0 saturated carbocycles. The zero-order chi connectivity index (χ0) is 13.2. The highest BCUT2D eigenvalue weighted by Gasteiger charge is 2.00. The van der Waals surface area contributed by atoms with Gasteiger partial charge in [0.25, 0.3) is 0 Å². The van der Waals surface area contributed by atoms with E-state index in [0.717, 1.165) is 4.68 Å². The number of methoxy groups -OCH3 is 1.